The fourth-order valence-corrected chi connectivity index (χ4v) is 3.75. The molecule has 1 aliphatic rings. The smallest absolute Gasteiger partial charge is 0.253 e. The number of rotatable bonds is 4. The topological polar surface area (TPSA) is 46.1 Å². The molecular weight excluding hydrogens is 419 g/mol. The maximum Gasteiger partial charge on any atom is 0.253 e. The van der Waals surface area contributed by atoms with E-state index in [1.165, 1.54) is 6.07 Å². The van der Waals surface area contributed by atoms with Crippen LogP contribution in [0, 0.1) is 5.82 Å². The van der Waals surface area contributed by atoms with Gasteiger partial charge in [-0.05, 0) is 42.8 Å². The molecule has 2 heterocycles. The third-order valence-corrected chi connectivity index (χ3v) is 5.34. The molecule has 0 unspecified atom stereocenters. The molecule has 0 bridgehead atoms. The summed E-state index contributed by atoms with van der Waals surface area (Å²) in [6.07, 6.45) is 0.968. The Morgan fingerprint density at radius 1 is 1.24 bits per heavy atom. The maximum absolute atomic E-state index is 14.6. The van der Waals surface area contributed by atoms with Crippen molar-refractivity contribution in [3.63, 3.8) is 0 Å². The molecule has 1 fully saturated rings. The molecule has 154 valence electrons. The number of halogens is 4. The highest BCUT2D eigenvalue weighted by molar-refractivity contribution is 6.30. The molecule has 0 saturated carbocycles. The fourth-order valence-electron chi connectivity index (χ4n) is 3.63. The monoisotopic (exact) mass is 439 g/mol. The Balaban J connectivity index is 0.00000240. The Bertz CT molecular complexity index is 1010. The number of fused-ring (bicyclic) bond motifs is 1. The number of carbonyl (C=O) groups excluding carboxylic acids is 1. The normalized spacial score (nSPS) is 19.0. The zero-order chi connectivity index (χ0) is 19.7. The number of alkyl halides is 1. The van der Waals surface area contributed by atoms with Crippen LogP contribution in [0.4, 0.5) is 8.78 Å². The molecular formula is C21H21Cl2F2N3O. The minimum atomic E-state index is -1.16. The number of aromatic nitrogens is 1. The van der Waals surface area contributed by atoms with Crippen molar-refractivity contribution in [1.29, 1.82) is 0 Å². The number of nitrogens with zero attached hydrogens (tertiary/aromatic N) is 1. The highest BCUT2D eigenvalue weighted by Gasteiger charge is 2.28. The number of nitrogens with one attached hydrogen (secondary N) is 2. The largest absolute Gasteiger partial charge is 0.346 e. The molecule has 1 aromatic heterocycles. The fraction of sp³-hybridized carbons (Fsp3) is 0.286. The third kappa shape index (κ3) is 4.55. The second-order valence-corrected chi connectivity index (χ2v) is 7.46. The molecule has 1 amide bonds. The van der Waals surface area contributed by atoms with Gasteiger partial charge in [-0.2, -0.15) is 0 Å². The first-order chi connectivity index (χ1) is 13.5. The van der Waals surface area contributed by atoms with Crippen LogP contribution in [0.3, 0.4) is 0 Å². The van der Waals surface area contributed by atoms with Gasteiger partial charge in [0.2, 0.25) is 0 Å². The van der Waals surface area contributed by atoms with Gasteiger partial charge in [-0.1, -0.05) is 29.8 Å². The van der Waals surface area contributed by atoms with Gasteiger partial charge >= 0.3 is 0 Å². The lowest BCUT2D eigenvalue weighted by Crippen LogP contribution is -2.50. The molecule has 4 rings (SSSR count). The van der Waals surface area contributed by atoms with Crippen LogP contribution < -0.4 is 10.6 Å². The van der Waals surface area contributed by atoms with E-state index in [1.54, 1.807) is 30.5 Å². The summed E-state index contributed by atoms with van der Waals surface area (Å²) >= 11 is 5.94. The number of carbonyl (C=O) groups is 1. The predicted octanol–water partition coefficient (Wildman–Crippen LogP) is 4.33. The molecule has 2 atom stereocenters. The van der Waals surface area contributed by atoms with Gasteiger partial charge in [-0.15, -0.1) is 12.4 Å². The van der Waals surface area contributed by atoms with Crippen molar-refractivity contribution in [2.45, 2.75) is 25.2 Å². The van der Waals surface area contributed by atoms with Crippen molar-refractivity contribution in [2.24, 2.45) is 0 Å². The molecule has 1 aliphatic heterocycles. The Hall–Kier alpha value is -2.15. The van der Waals surface area contributed by atoms with Gasteiger partial charge in [-0.25, -0.2) is 8.78 Å². The van der Waals surface area contributed by atoms with E-state index in [9.17, 15) is 13.6 Å². The Labute approximate surface area is 178 Å². The summed E-state index contributed by atoms with van der Waals surface area (Å²) in [5, 5.41) is 6.57. The van der Waals surface area contributed by atoms with E-state index in [-0.39, 0.29) is 29.9 Å². The number of hydrogen-bond acceptors (Lipinski definition) is 2. The van der Waals surface area contributed by atoms with Crippen LogP contribution in [0.5, 0.6) is 0 Å². The molecule has 3 aromatic rings. The van der Waals surface area contributed by atoms with Gasteiger partial charge in [0.1, 0.15) is 12.0 Å². The van der Waals surface area contributed by atoms with Gasteiger partial charge in [-0.3, -0.25) is 4.79 Å². The first-order valence-corrected chi connectivity index (χ1v) is 9.58. The van der Waals surface area contributed by atoms with Gasteiger partial charge in [0.15, 0.2) is 0 Å². The molecule has 1 saturated heterocycles. The number of piperidine rings is 1. The summed E-state index contributed by atoms with van der Waals surface area (Å²) in [6, 6.07) is 11.5. The summed E-state index contributed by atoms with van der Waals surface area (Å²) in [5.41, 5.74) is 1.80. The predicted molar refractivity (Wildman–Crippen MR) is 113 cm³/mol. The molecule has 0 spiro atoms. The molecule has 2 N–H and O–H groups in total. The average Bonchev–Trinajstić information content (AvgIpc) is 3.05. The van der Waals surface area contributed by atoms with Crippen LogP contribution in [0.1, 0.15) is 22.3 Å². The molecule has 29 heavy (non-hydrogen) atoms. The summed E-state index contributed by atoms with van der Waals surface area (Å²) in [5.74, 6) is -0.931. The van der Waals surface area contributed by atoms with Gasteiger partial charge in [0, 0.05) is 29.7 Å². The van der Waals surface area contributed by atoms with E-state index >= 15 is 0 Å². The van der Waals surface area contributed by atoms with Crippen molar-refractivity contribution in [3.8, 4) is 0 Å². The highest BCUT2D eigenvalue weighted by Crippen LogP contribution is 2.26. The first-order valence-electron chi connectivity index (χ1n) is 9.20. The van der Waals surface area contributed by atoms with Gasteiger partial charge in [0.25, 0.3) is 5.91 Å². The standard InChI is InChI=1S/C21H20ClF2N3O.ClH/c22-14-6-4-13(5-7-14)11-27-12-15(20-16(23)2-1-3-19(20)27)21(28)26-18-8-9-25-10-17(18)24;/h1-7,12,17-18,25H,8-11H2,(H,26,28);1H/t17-,18+;/m1./s1. The lowest BCUT2D eigenvalue weighted by atomic mass is 10.0. The third-order valence-electron chi connectivity index (χ3n) is 5.09. The van der Waals surface area contributed by atoms with Crippen LogP contribution in [-0.4, -0.2) is 35.8 Å². The summed E-state index contributed by atoms with van der Waals surface area (Å²) < 4.78 is 30.5. The van der Waals surface area contributed by atoms with Crippen molar-refractivity contribution < 1.29 is 13.6 Å². The number of hydrogen-bond donors (Lipinski definition) is 2. The maximum atomic E-state index is 14.6. The summed E-state index contributed by atoms with van der Waals surface area (Å²) in [7, 11) is 0. The molecule has 8 heteroatoms. The van der Waals surface area contributed by atoms with Crippen molar-refractivity contribution in [1.82, 2.24) is 15.2 Å². The lowest BCUT2D eigenvalue weighted by Gasteiger charge is -2.27. The zero-order valence-corrected chi connectivity index (χ0v) is 17.1. The van der Waals surface area contributed by atoms with Gasteiger partial charge in [0.05, 0.1) is 17.1 Å². The molecule has 0 aliphatic carbocycles. The van der Waals surface area contributed by atoms with E-state index in [0.29, 0.717) is 30.0 Å². The van der Waals surface area contributed by atoms with Crippen LogP contribution in [0.2, 0.25) is 5.02 Å². The number of amides is 1. The second kappa shape index (κ2) is 9.11. The first kappa shape index (κ1) is 21.6. The van der Waals surface area contributed by atoms with Crippen molar-refractivity contribution >= 4 is 40.8 Å². The van der Waals surface area contributed by atoms with E-state index in [2.05, 4.69) is 10.6 Å². The van der Waals surface area contributed by atoms with E-state index in [4.69, 9.17) is 11.6 Å². The zero-order valence-electron chi connectivity index (χ0n) is 15.5. The van der Waals surface area contributed by atoms with Crippen LogP contribution in [0.15, 0.2) is 48.7 Å². The van der Waals surface area contributed by atoms with E-state index in [0.717, 1.165) is 5.56 Å². The summed E-state index contributed by atoms with van der Waals surface area (Å²) in [4.78, 5) is 12.8. The molecule has 2 aromatic carbocycles. The Morgan fingerprint density at radius 3 is 2.72 bits per heavy atom. The SMILES string of the molecule is Cl.O=C(N[C@H]1CCNC[C@H]1F)c1cn(Cc2ccc(Cl)cc2)c2cccc(F)c12. The van der Waals surface area contributed by atoms with Crippen LogP contribution in [0.25, 0.3) is 10.9 Å². The van der Waals surface area contributed by atoms with Crippen LogP contribution >= 0.6 is 24.0 Å². The van der Waals surface area contributed by atoms with Crippen molar-refractivity contribution in [3.05, 3.63) is 70.6 Å². The van der Waals surface area contributed by atoms with E-state index in [1.807, 2.05) is 16.7 Å². The Kier molecular flexibility index (Phi) is 6.77. The molecule has 0 radical (unpaired) electrons. The summed E-state index contributed by atoms with van der Waals surface area (Å²) in [6.45, 7) is 1.30. The highest BCUT2D eigenvalue weighted by atomic mass is 35.5. The quantitative estimate of drug-likeness (QED) is 0.635. The average molecular weight is 440 g/mol. The Morgan fingerprint density at radius 2 is 2.00 bits per heavy atom. The molecule has 4 nitrogen and oxygen atoms in total. The minimum Gasteiger partial charge on any atom is -0.346 e. The lowest BCUT2D eigenvalue weighted by molar-refractivity contribution is 0.0893. The number of benzene rings is 2. The minimum absolute atomic E-state index is 0. The van der Waals surface area contributed by atoms with Crippen LogP contribution in [-0.2, 0) is 6.54 Å². The second-order valence-electron chi connectivity index (χ2n) is 7.02. The van der Waals surface area contributed by atoms with Crippen molar-refractivity contribution in [2.75, 3.05) is 13.1 Å². The van der Waals surface area contributed by atoms with E-state index < -0.39 is 23.9 Å². The van der Waals surface area contributed by atoms with Gasteiger partial charge < -0.3 is 15.2 Å².